The number of fused-ring (bicyclic) bond motifs is 1. The molecule has 0 unspecified atom stereocenters. The SMILES string of the molecule is NC(=O)c1c(-c2ccc(F)c(Cl)c2)nn2c1CN(C(=O)NCC1CC(F)(F)C1)CC2. The zero-order valence-corrected chi connectivity index (χ0v) is 16.6. The van der Waals surface area contributed by atoms with Crippen LogP contribution in [0.25, 0.3) is 11.3 Å². The lowest BCUT2D eigenvalue weighted by atomic mass is 9.81. The number of nitrogens with one attached hydrogen (secondary N) is 1. The molecular weight excluding hydrogens is 423 g/mol. The van der Waals surface area contributed by atoms with E-state index in [0.717, 1.165) is 0 Å². The number of carbonyl (C=O) groups excluding carboxylic acids is 2. The van der Waals surface area contributed by atoms with Crippen LogP contribution in [0, 0.1) is 11.7 Å². The van der Waals surface area contributed by atoms with Gasteiger partial charge in [-0.25, -0.2) is 18.0 Å². The van der Waals surface area contributed by atoms with Gasteiger partial charge in [0.25, 0.3) is 5.91 Å². The van der Waals surface area contributed by atoms with Crippen molar-refractivity contribution in [2.75, 3.05) is 13.1 Å². The van der Waals surface area contributed by atoms with Gasteiger partial charge in [0.2, 0.25) is 5.92 Å². The molecule has 3 N–H and O–H groups in total. The van der Waals surface area contributed by atoms with E-state index in [0.29, 0.717) is 24.3 Å². The molecular formula is C19H19ClF3N5O2. The summed E-state index contributed by atoms with van der Waals surface area (Å²) < 4.78 is 41.0. The fourth-order valence-corrected chi connectivity index (χ4v) is 4.05. The van der Waals surface area contributed by atoms with Gasteiger partial charge >= 0.3 is 6.03 Å². The number of hydrogen-bond donors (Lipinski definition) is 2. The number of hydrogen-bond acceptors (Lipinski definition) is 3. The van der Waals surface area contributed by atoms with E-state index in [9.17, 15) is 22.8 Å². The van der Waals surface area contributed by atoms with Crippen molar-refractivity contribution in [2.24, 2.45) is 11.7 Å². The Morgan fingerprint density at radius 1 is 1.30 bits per heavy atom. The molecule has 7 nitrogen and oxygen atoms in total. The first kappa shape index (κ1) is 20.5. The average molecular weight is 442 g/mol. The van der Waals surface area contributed by atoms with Gasteiger partial charge in [0.05, 0.1) is 29.4 Å². The Morgan fingerprint density at radius 2 is 2.03 bits per heavy atom. The lowest BCUT2D eigenvalue weighted by Crippen LogP contribution is -2.48. The summed E-state index contributed by atoms with van der Waals surface area (Å²) in [6.07, 6.45) is -0.453. The van der Waals surface area contributed by atoms with E-state index in [1.807, 2.05) is 0 Å². The van der Waals surface area contributed by atoms with Crippen molar-refractivity contribution in [1.82, 2.24) is 20.0 Å². The monoisotopic (exact) mass is 441 g/mol. The molecule has 0 bridgehead atoms. The van der Waals surface area contributed by atoms with E-state index < -0.39 is 23.7 Å². The number of halogens is 4. The first-order valence-electron chi connectivity index (χ1n) is 9.40. The fourth-order valence-electron chi connectivity index (χ4n) is 3.87. The summed E-state index contributed by atoms with van der Waals surface area (Å²) >= 11 is 5.85. The van der Waals surface area contributed by atoms with Crippen LogP contribution in [0.1, 0.15) is 28.9 Å². The second kappa shape index (κ2) is 7.50. The first-order valence-corrected chi connectivity index (χ1v) is 9.78. The Morgan fingerprint density at radius 3 is 2.67 bits per heavy atom. The highest BCUT2D eigenvalue weighted by atomic mass is 35.5. The highest BCUT2D eigenvalue weighted by molar-refractivity contribution is 6.31. The number of amides is 3. The molecule has 0 spiro atoms. The van der Waals surface area contributed by atoms with Crippen LogP contribution in [-0.2, 0) is 13.1 Å². The molecule has 0 saturated heterocycles. The second-order valence-corrected chi connectivity index (χ2v) is 8.03. The summed E-state index contributed by atoms with van der Waals surface area (Å²) in [4.78, 5) is 26.1. The molecule has 1 aromatic carbocycles. The molecule has 2 aromatic rings. The number of nitrogens with two attached hydrogens (primary N) is 1. The van der Waals surface area contributed by atoms with Crippen LogP contribution in [-0.4, -0.2) is 45.6 Å². The Bertz CT molecular complexity index is 1020. The van der Waals surface area contributed by atoms with E-state index >= 15 is 0 Å². The number of primary amides is 1. The van der Waals surface area contributed by atoms with Crippen LogP contribution >= 0.6 is 11.6 Å². The molecule has 160 valence electrons. The van der Waals surface area contributed by atoms with Crippen LogP contribution in [0.2, 0.25) is 5.02 Å². The maximum Gasteiger partial charge on any atom is 0.317 e. The predicted molar refractivity (Wildman–Crippen MR) is 103 cm³/mol. The van der Waals surface area contributed by atoms with E-state index in [1.165, 1.54) is 23.1 Å². The zero-order valence-electron chi connectivity index (χ0n) is 15.8. The van der Waals surface area contributed by atoms with E-state index in [4.69, 9.17) is 17.3 Å². The van der Waals surface area contributed by atoms with Gasteiger partial charge in [-0.2, -0.15) is 5.10 Å². The third-order valence-corrected chi connectivity index (χ3v) is 5.71. The molecule has 4 rings (SSSR count). The molecule has 3 amide bonds. The van der Waals surface area contributed by atoms with Gasteiger partial charge in [-0.3, -0.25) is 9.48 Å². The smallest absolute Gasteiger partial charge is 0.317 e. The number of carbonyl (C=O) groups is 2. The lowest BCUT2D eigenvalue weighted by Gasteiger charge is -2.35. The Hall–Kier alpha value is -2.75. The second-order valence-electron chi connectivity index (χ2n) is 7.62. The van der Waals surface area contributed by atoms with Crippen LogP contribution in [0.4, 0.5) is 18.0 Å². The van der Waals surface area contributed by atoms with Crippen LogP contribution < -0.4 is 11.1 Å². The van der Waals surface area contributed by atoms with Crippen LogP contribution in [0.5, 0.6) is 0 Å². The summed E-state index contributed by atoms with van der Waals surface area (Å²) in [6.45, 7) is 0.891. The summed E-state index contributed by atoms with van der Waals surface area (Å²) in [6, 6.07) is 3.57. The van der Waals surface area contributed by atoms with Crippen molar-refractivity contribution in [3.63, 3.8) is 0 Å². The molecule has 1 fully saturated rings. The third kappa shape index (κ3) is 3.83. The molecule has 1 aliphatic heterocycles. The van der Waals surface area contributed by atoms with Crippen molar-refractivity contribution >= 4 is 23.5 Å². The number of urea groups is 1. The molecule has 0 atom stereocenters. The maximum absolute atomic E-state index is 13.5. The van der Waals surface area contributed by atoms with Gasteiger partial charge in [0, 0.05) is 31.5 Å². The zero-order chi connectivity index (χ0) is 21.6. The first-order chi connectivity index (χ1) is 14.1. The van der Waals surface area contributed by atoms with Crippen molar-refractivity contribution in [1.29, 1.82) is 0 Å². The summed E-state index contributed by atoms with van der Waals surface area (Å²) in [5, 5.41) is 6.97. The van der Waals surface area contributed by atoms with Gasteiger partial charge in [-0.15, -0.1) is 0 Å². The Kier molecular flexibility index (Phi) is 5.13. The predicted octanol–water partition coefficient (Wildman–Crippen LogP) is 3.01. The average Bonchev–Trinajstić information content (AvgIpc) is 3.05. The molecule has 11 heteroatoms. The Labute approximate surface area is 175 Å². The number of aromatic nitrogens is 2. The molecule has 1 aromatic heterocycles. The van der Waals surface area contributed by atoms with Crippen LogP contribution in [0.15, 0.2) is 18.2 Å². The molecule has 1 aliphatic carbocycles. The third-order valence-electron chi connectivity index (χ3n) is 5.42. The largest absolute Gasteiger partial charge is 0.365 e. The number of rotatable bonds is 4. The molecule has 0 radical (unpaired) electrons. The van der Waals surface area contributed by atoms with Crippen LogP contribution in [0.3, 0.4) is 0 Å². The summed E-state index contributed by atoms with van der Waals surface area (Å²) in [5.74, 6) is -4.21. The maximum atomic E-state index is 13.5. The van der Waals surface area contributed by atoms with Crippen molar-refractivity contribution in [3.05, 3.63) is 40.3 Å². The van der Waals surface area contributed by atoms with E-state index in [1.54, 1.807) is 4.68 Å². The van der Waals surface area contributed by atoms with Crippen molar-refractivity contribution < 1.29 is 22.8 Å². The quantitative estimate of drug-likeness (QED) is 0.763. The van der Waals surface area contributed by atoms with Gasteiger partial charge in [0.15, 0.2) is 0 Å². The molecule has 2 heterocycles. The Balaban J connectivity index is 1.52. The molecule has 1 saturated carbocycles. The minimum atomic E-state index is -2.64. The summed E-state index contributed by atoms with van der Waals surface area (Å²) in [7, 11) is 0. The topological polar surface area (TPSA) is 93.2 Å². The number of alkyl halides is 2. The molecule has 30 heavy (non-hydrogen) atoms. The van der Waals surface area contributed by atoms with Crippen molar-refractivity contribution in [2.45, 2.75) is 31.9 Å². The minimum Gasteiger partial charge on any atom is -0.365 e. The fraction of sp³-hybridized carbons (Fsp3) is 0.421. The van der Waals surface area contributed by atoms with Gasteiger partial charge in [0.1, 0.15) is 11.5 Å². The standard InChI is InChI=1S/C19H19ClF3N5O2/c20-12-5-11(1-2-13(12)21)16-15(17(24)29)14-9-27(3-4-28(14)26-16)18(30)25-8-10-6-19(22,23)7-10/h1-2,5,10H,3-4,6-9H2,(H2,24,29)(H,25,30). The van der Waals surface area contributed by atoms with Crippen molar-refractivity contribution in [3.8, 4) is 11.3 Å². The van der Waals surface area contributed by atoms with E-state index in [-0.39, 0.29) is 48.1 Å². The number of benzene rings is 1. The normalized spacial score (nSPS) is 17.9. The van der Waals surface area contributed by atoms with Gasteiger partial charge in [-0.05, 0) is 24.1 Å². The molecule has 2 aliphatic rings. The lowest BCUT2D eigenvalue weighted by molar-refractivity contribution is -0.108. The minimum absolute atomic E-state index is 0.0762. The van der Waals surface area contributed by atoms with E-state index in [2.05, 4.69) is 10.4 Å². The summed E-state index contributed by atoms with van der Waals surface area (Å²) in [5.41, 5.74) is 6.85. The van der Waals surface area contributed by atoms with Gasteiger partial charge in [-0.1, -0.05) is 11.6 Å². The van der Waals surface area contributed by atoms with Gasteiger partial charge < -0.3 is 16.0 Å². The number of nitrogens with zero attached hydrogens (tertiary/aromatic N) is 3. The highest BCUT2D eigenvalue weighted by Gasteiger charge is 2.45. The highest BCUT2D eigenvalue weighted by Crippen LogP contribution is 2.41.